The zero-order valence-corrected chi connectivity index (χ0v) is 17.6. The number of carbonyl (C=O) groups is 1. The Labute approximate surface area is 169 Å². The van der Waals surface area contributed by atoms with Crippen LogP contribution in [-0.4, -0.2) is 43.8 Å². The van der Waals surface area contributed by atoms with E-state index in [0.717, 1.165) is 36.1 Å². The predicted molar refractivity (Wildman–Crippen MR) is 117 cm³/mol. The summed E-state index contributed by atoms with van der Waals surface area (Å²) in [4.78, 5) is 12.4. The third-order valence-corrected chi connectivity index (χ3v) is 7.47. The van der Waals surface area contributed by atoms with Crippen LogP contribution in [0.3, 0.4) is 0 Å². The first-order chi connectivity index (χ1) is 13.6. The van der Waals surface area contributed by atoms with Crippen LogP contribution >= 0.6 is 0 Å². The molecule has 2 saturated heterocycles. The van der Waals surface area contributed by atoms with Gasteiger partial charge in [-0.1, -0.05) is 19.3 Å². The summed E-state index contributed by atoms with van der Waals surface area (Å²) >= 11 is 0. The fourth-order valence-electron chi connectivity index (χ4n) is 6.03. The highest BCUT2D eigenvalue weighted by Gasteiger charge is 2.48. The fourth-order valence-corrected chi connectivity index (χ4v) is 6.03. The van der Waals surface area contributed by atoms with Gasteiger partial charge in [-0.25, -0.2) is 4.79 Å². The first-order valence-corrected chi connectivity index (χ1v) is 11.4. The molecule has 154 valence electrons. The van der Waals surface area contributed by atoms with Gasteiger partial charge < -0.3 is 16.0 Å². The Morgan fingerprint density at radius 1 is 1.11 bits per heavy atom. The van der Waals surface area contributed by atoms with Crippen molar-refractivity contribution in [2.24, 2.45) is 0 Å². The molecule has 0 bridgehead atoms. The summed E-state index contributed by atoms with van der Waals surface area (Å²) in [6, 6.07) is 8.17. The lowest BCUT2D eigenvalue weighted by Crippen LogP contribution is -2.60. The van der Waals surface area contributed by atoms with Gasteiger partial charge in [0.15, 0.2) is 0 Å². The molecule has 3 aliphatic rings. The number of likely N-dealkylation sites (tertiary alicyclic amines) is 1. The van der Waals surface area contributed by atoms with Crippen LogP contribution in [0.15, 0.2) is 18.2 Å². The number of hydrogen-bond donors (Lipinski definition) is 3. The smallest absolute Gasteiger partial charge is 0.319 e. The molecule has 3 fully saturated rings. The first kappa shape index (κ1) is 19.7. The minimum absolute atomic E-state index is 0.0579. The van der Waals surface area contributed by atoms with Crippen molar-refractivity contribution in [3.63, 3.8) is 0 Å². The molecular formula is C23H37N4O+. The van der Waals surface area contributed by atoms with Gasteiger partial charge in [-0.15, -0.1) is 0 Å². The Morgan fingerprint density at radius 3 is 2.57 bits per heavy atom. The van der Waals surface area contributed by atoms with Gasteiger partial charge in [-0.3, -0.25) is 4.48 Å². The molecule has 2 heterocycles. The minimum Gasteiger partial charge on any atom is -0.335 e. The van der Waals surface area contributed by atoms with Crippen LogP contribution in [0.4, 0.5) is 16.2 Å². The molecule has 0 spiro atoms. The number of nitrogens with zero attached hydrogens (tertiary/aromatic N) is 1. The number of urea groups is 1. The molecule has 0 radical (unpaired) electrons. The number of rotatable bonds is 4. The second-order valence-corrected chi connectivity index (χ2v) is 9.23. The van der Waals surface area contributed by atoms with E-state index in [4.69, 9.17) is 0 Å². The van der Waals surface area contributed by atoms with E-state index in [0.29, 0.717) is 18.1 Å². The van der Waals surface area contributed by atoms with Crippen molar-refractivity contribution >= 4 is 17.4 Å². The normalized spacial score (nSPS) is 31.1. The van der Waals surface area contributed by atoms with E-state index in [-0.39, 0.29) is 6.03 Å². The molecule has 2 amide bonds. The van der Waals surface area contributed by atoms with E-state index >= 15 is 0 Å². The van der Waals surface area contributed by atoms with Gasteiger partial charge in [0.2, 0.25) is 0 Å². The van der Waals surface area contributed by atoms with Crippen LogP contribution in [0.1, 0.15) is 63.9 Å². The maximum absolute atomic E-state index is 12.4. The molecule has 5 heteroatoms. The van der Waals surface area contributed by atoms with E-state index in [1.54, 1.807) is 0 Å². The monoisotopic (exact) mass is 385 g/mol. The molecular weight excluding hydrogens is 348 g/mol. The van der Waals surface area contributed by atoms with Crippen LogP contribution in [0.2, 0.25) is 0 Å². The number of hydrogen-bond acceptors (Lipinski definition) is 2. The number of benzene rings is 1. The highest BCUT2D eigenvalue weighted by atomic mass is 16.2. The minimum atomic E-state index is -0.0579. The zero-order chi connectivity index (χ0) is 19.6. The van der Waals surface area contributed by atoms with Crippen LogP contribution in [0.25, 0.3) is 0 Å². The standard InChI is InChI=1S/C23H36N4O/c1-17-15-20(26-23(28)25-19-8-4-3-5-9-19)10-11-22(17)27(14-6-7-18(27)2)21-12-13-24-16-21/h10-11,15,18-19,21,24H,3-9,12-14,16H2,1-2H3,(H-,25,26,28)/p+1. The van der Waals surface area contributed by atoms with Crippen LogP contribution < -0.4 is 20.4 Å². The van der Waals surface area contributed by atoms with Crippen molar-refractivity contribution in [1.29, 1.82) is 0 Å². The van der Waals surface area contributed by atoms with Gasteiger partial charge in [0.05, 0.1) is 12.6 Å². The second kappa shape index (κ2) is 8.42. The third kappa shape index (κ3) is 3.79. The number of quaternary nitrogens is 1. The van der Waals surface area contributed by atoms with Gasteiger partial charge in [-0.05, 0) is 38.8 Å². The second-order valence-electron chi connectivity index (χ2n) is 9.23. The summed E-state index contributed by atoms with van der Waals surface area (Å²) in [5.41, 5.74) is 3.66. The lowest BCUT2D eigenvalue weighted by atomic mass is 9.96. The van der Waals surface area contributed by atoms with Crippen molar-refractivity contribution in [2.45, 2.75) is 83.3 Å². The molecule has 3 N–H and O–H groups in total. The van der Waals surface area contributed by atoms with Crippen LogP contribution in [0, 0.1) is 6.92 Å². The summed E-state index contributed by atoms with van der Waals surface area (Å²) in [6.45, 7) is 8.13. The Morgan fingerprint density at radius 2 is 1.93 bits per heavy atom. The molecule has 0 aromatic heterocycles. The van der Waals surface area contributed by atoms with E-state index in [1.807, 2.05) is 0 Å². The molecule has 2 aliphatic heterocycles. The van der Waals surface area contributed by atoms with Crippen molar-refractivity contribution in [3.05, 3.63) is 23.8 Å². The molecule has 4 rings (SSSR count). The lowest BCUT2D eigenvalue weighted by Gasteiger charge is -2.44. The number of amides is 2. The Bertz CT molecular complexity index is 694. The van der Waals surface area contributed by atoms with Crippen molar-refractivity contribution in [1.82, 2.24) is 15.1 Å². The SMILES string of the molecule is Cc1cc(NC(=O)NC2CCCCC2)ccc1[N+]1(C2CCNC2)CCCC1C. The fraction of sp³-hybridized carbons (Fsp3) is 0.696. The summed E-state index contributed by atoms with van der Waals surface area (Å²) in [7, 11) is 0. The largest absolute Gasteiger partial charge is 0.335 e. The predicted octanol–water partition coefficient (Wildman–Crippen LogP) is 4.30. The number of aryl methyl sites for hydroxylation is 1. The molecule has 1 aromatic rings. The Kier molecular flexibility index (Phi) is 5.93. The van der Waals surface area contributed by atoms with Crippen LogP contribution in [0.5, 0.6) is 0 Å². The van der Waals surface area contributed by atoms with Gasteiger partial charge in [-0.2, -0.15) is 0 Å². The molecule has 1 saturated carbocycles. The molecule has 1 aliphatic carbocycles. The Balaban J connectivity index is 1.49. The zero-order valence-electron chi connectivity index (χ0n) is 17.6. The quantitative estimate of drug-likeness (QED) is 0.677. The third-order valence-electron chi connectivity index (χ3n) is 7.47. The summed E-state index contributed by atoms with van der Waals surface area (Å²) in [5, 5.41) is 9.80. The highest BCUT2D eigenvalue weighted by molar-refractivity contribution is 5.89. The average Bonchev–Trinajstić information content (AvgIpc) is 3.33. The van der Waals surface area contributed by atoms with E-state index in [9.17, 15) is 4.79 Å². The molecule has 5 nitrogen and oxygen atoms in total. The summed E-state index contributed by atoms with van der Waals surface area (Å²) < 4.78 is 1.12. The van der Waals surface area contributed by atoms with Gasteiger partial charge in [0, 0.05) is 55.7 Å². The van der Waals surface area contributed by atoms with Crippen molar-refractivity contribution in [3.8, 4) is 0 Å². The first-order valence-electron chi connectivity index (χ1n) is 11.4. The van der Waals surface area contributed by atoms with E-state index < -0.39 is 0 Å². The molecule has 3 unspecified atom stereocenters. The van der Waals surface area contributed by atoms with E-state index in [1.165, 1.54) is 56.3 Å². The lowest BCUT2D eigenvalue weighted by molar-refractivity contribution is 0.202. The van der Waals surface area contributed by atoms with Gasteiger partial charge in [0.25, 0.3) is 0 Å². The van der Waals surface area contributed by atoms with E-state index in [2.05, 4.69) is 48.0 Å². The Hall–Kier alpha value is -1.59. The number of nitrogens with one attached hydrogen (secondary N) is 3. The highest BCUT2D eigenvalue weighted by Crippen LogP contribution is 2.41. The van der Waals surface area contributed by atoms with Crippen LogP contribution in [-0.2, 0) is 0 Å². The molecule has 3 atom stereocenters. The summed E-state index contributed by atoms with van der Waals surface area (Å²) in [6.07, 6.45) is 9.85. The van der Waals surface area contributed by atoms with Crippen molar-refractivity contribution in [2.75, 3.05) is 25.0 Å². The molecule has 28 heavy (non-hydrogen) atoms. The van der Waals surface area contributed by atoms with Gasteiger partial charge in [0.1, 0.15) is 11.7 Å². The number of carbonyl (C=O) groups excluding carboxylic acids is 1. The van der Waals surface area contributed by atoms with Crippen molar-refractivity contribution < 1.29 is 4.79 Å². The topological polar surface area (TPSA) is 53.2 Å². The number of anilines is 1. The summed E-state index contributed by atoms with van der Waals surface area (Å²) in [5.74, 6) is 0. The van der Waals surface area contributed by atoms with Gasteiger partial charge >= 0.3 is 6.03 Å². The molecule has 1 aromatic carbocycles. The maximum Gasteiger partial charge on any atom is 0.319 e. The average molecular weight is 386 g/mol. The maximum atomic E-state index is 12.4.